The lowest BCUT2D eigenvalue weighted by Gasteiger charge is -2.16. The molecule has 0 bridgehead atoms. The molecule has 1 atom stereocenters. The Morgan fingerprint density at radius 1 is 1.36 bits per heavy atom. The summed E-state index contributed by atoms with van der Waals surface area (Å²) >= 11 is 1.21. The van der Waals surface area contributed by atoms with Crippen LogP contribution in [-0.4, -0.2) is 28.8 Å². The Balaban J connectivity index is 1.65. The summed E-state index contributed by atoms with van der Waals surface area (Å²) in [4.78, 5) is 24.2. The van der Waals surface area contributed by atoms with Gasteiger partial charge in [-0.25, -0.2) is 0 Å². The van der Waals surface area contributed by atoms with Crippen LogP contribution < -0.4 is 5.32 Å². The molecule has 2 saturated carbocycles. The Morgan fingerprint density at radius 3 is 2.64 bits per heavy atom. The number of amides is 1. The lowest BCUT2D eigenvalue weighted by molar-refractivity contribution is -0.136. The fourth-order valence-electron chi connectivity index (χ4n) is 2.94. The summed E-state index contributed by atoms with van der Waals surface area (Å²) < 4.78 is 0. The molecule has 2 N–H and O–H groups in total. The van der Waals surface area contributed by atoms with E-state index in [4.69, 9.17) is 5.11 Å². The predicted molar refractivity (Wildman–Crippen MR) is 86.1 cm³/mol. The highest BCUT2D eigenvalue weighted by Crippen LogP contribution is 2.60. The highest BCUT2D eigenvalue weighted by Gasteiger charge is 2.53. The van der Waals surface area contributed by atoms with E-state index in [1.54, 1.807) is 13.0 Å². The van der Waals surface area contributed by atoms with Gasteiger partial charge in [-0.3, -0.25) is 9.59 Å². The molecule has 118 valence electrons. The molecule has 1 amide bonds. The number of carboxylic acids is 1. The van der Waals surface area contributed by atoms with Gasteiger partial charge in [0.05, 0.1) is 5.56 Å². The molecule has 1 aromatic carbocycles. The summed E-state index contributed by atoms with van der Waals surface area (Å²) in [5.41, 5.74) is 0.943. The molecule has 22 heavy (non-hydrogen) atoms. The van der Waals surface area contributed by atoms with Crippen LogP contribution in [0.15, 0.2) is 29.2 Å². The lowest BCUT2D eigenvalue weighted by Crippen LogP contribution is -2.31. The normalized spacial score (nSPS) is 20.2. The topological polar surface area (TPSA) is 66.4 Å². The molecule has 2 aliphatic rings. The zero-order valence-electron chi connectivity index (χ0n) is 12.7. The number of carbonyl (C=O) groups excluding carboxylic acids is 1. The van der Waals surface area contributed by atoms with E-state index in [1.165, 1.54) is 37.4 Å². The van der Waals surface area contributed by atoms with Crippen molar-refractivity contribution in [3.63, 3.8) is 0 Å². The van der Waals surface area contributed by atoms with E-state index in [1.807, 2.05) is 18.2 Å². The molecule has 0 aromatic heterocycles. The third kappa shape index (κ3) is 3.29. The van der Waals surface area contributed by atoms with E-state index in [2.05, 4.69) is 5.32 Å². The Bertz CT molecular complexity index is 593. The first kappa shape index (κ1) is 15.4. The summed E-state index contributed by atoms with van der Waals surface area (Å²) in [5, 5.41) is 11.5. The number of thioether (sulfide) groups is 1. The van der Waals surface area contributed by atoms with Gasteiger partial charge < -0.3 is 10.4 Å². The third-order valence-corrected chi connectivity index (χ3v) is 5.88. The standard InChI is InChI=1S/C17H21NO3S/c1-11(16(20)21)22-14-5-3-2-4-13(14)15(19)18-10-17(8-9-17)12-6-7-12/h2-5,11-12H,6-10H2,1H3,(H,18,19)(H,20,21). The molecule has 3 rings (SSSR count). The monoisotopic (exact) mass is 319 g/mol. The second-order valence-corrected chi connectivity index (χ2v) is 7.80. The predicted octanol–water partition coefficient (Wildman–Crippen LogP) is 3.17. The van der Waals surface area contributed by atoms with E-state index in [0.717, 1.165) is 17.4 Å². The van der Waals surface area contributed by atoms with Crippen LogP contribution in [0.1, 0.15) is 43.0 Å². The number of carbonyl (C=O) groups is 2. The maximum atomic E-state index is 12.5. The molecule has 5 heteroatoms. The van der Waals surface area contributed by atoms with Crippen molar-refractivity contribution < 1.29 is 14.7 Å². The smallest absolute Gasteiger partial charge is 0.316 e. The van der Waals surface area contributed by atoms with Crippen LogP contribution >= 0.6 is 11.8 Å². The van der Waals surface area contributed by atoms with Crippen molar-refractivity contribution in [2.24, 2.45) is 11.3 Å². The molecule has 0 spiro atoms. The maximum Gasteiger partial charge on any atom is 0.316 e. The van der Waals surface area contributed by atoms with Crippen LogP contribution in [0.25, 0.3) is 0 Å². The molecule has 0 heterocycles. The summed E-state index contributed by atoms with van der Waals surface area (Å²) in [6.45, 7) is 2.39. The fraction of sp³-hybridized carbons (Fsp3) is 0.529. The average molecular weight is 319 g/mol. The van der Waals surface area contributed by atoms with Crippen LogP contribution in [0.4, 0.5) is 0 Å². The summed E-state index contributed by atoms with van der Waals surface area (Å²) in [5.74, 6) is -0.150. The lowest BCUT2D eigenvalue weighted by atomic mass is 10.0. The zero-order chi connectivity index (χ0) is 15.7. The summed E-state index contributed by atoms with van der Waals surface area (Å²) in [6, 6.07) is 7.23. The van der Waals surface area contributed by atoms with Gasteiger partial charge in [-0.1, -0.05) is 12.1 Å². The van der Waals surface area contributed by atoms with Crippen LogP contribution in [0, 0.1) is 11.3 Å². The average Bonchev–Trinajstić information content (AvgIpc) is 3.38. The highest BCUT2D eigenvalue weighted by molar-refractivity contribution is 8.00. The number of hydrogen-bond donors (Lipinski definition) is 2. The molecule has 4 nitrogen and oxygen atoms in total. The third-order valence-electron chi connectivity index (χ3n) is 4.72. The van der Waals surface area contributed by atoms with Gasteiger partial charge in [0.25, 0.3) is 5.91 Å². The van der Waals surface area contributed by atoms with Crippen molar-refractivity contribution in [2.75, 3.05) is 6.54 Å². The molecular weight excluding hydrogens is 298 g/mol. The van der Waals surface area contributed by atoms with Gasteiger partial charge in [-0.05, 0) is 56.1 Å². The summed E-state index contributed by atoms with van der Waals surface area (Å²) in [6.07, 6.45) is 5.06. The largest absolute Gasteiger partial charge is 0.480 e. The first-order chi connectivity index (χ1) is 10.5. The molecule has 2 fully saturated rings. The second-order valence-electron chi connectivity index (χ2n) is 6.41. The minimum atomic E-state index is -0.870. The SMILES string of the molecule is CC(Sc1ccccc1C(=O)NCC1(C2CC2)CC1)C(=O)O. The van der Waals surface area contributed by atoms with E-state index >= 15 is 0 Å². The molecule has 1 unspecified atom stereocenters. The van der Waals surface area contributed by atoms with E-state index in [-0.39, 0.29) is 5.91 Å². The van der Waals surface area contributed by atoms with Gasteiger partial charge in [0, 0.05) is 11.4 Å². The quantitative estimate of drug-likeness (QED) is 0.758. The summed E-state index contributed by atoms with van der Waals surface area (Å²) in [7, 11) is 0. The minimum absolute atomic E-state index is 0.0902. The van der Waals surface area contributed by atoms with Gasteiger partial charge in [0.15, 0.2) is 0 Å². The van der Waals surface area contributed by atoms with Crippen molar-refractivity contribution in [3.05, 3.63) is 29.8 Å². The Labute approximate surface area is 134 Å². The first-order valence-corrected chi connectivity index (χ1v) is 8.66. The molecule has 0 radical (unpaired) electrons. The van der Waals surface area contributed by atoms with Crippen LogP contribution in [0.3, 0.4) is 0 Å². The van der Waals surface area contributed by atoms with Crippen LogP contribution in [-0.2, 0) is 4.79 Å². The molecular formula is C17H21NO3S. The van der Waals surface area contributed by atoms with Crippen molar-refractivity contribution in [1.29, 1.82) is 0 Å². The van der Waals surface area contributed by atoms with Gasteiger partial charge in [0.2, 0.25) is 0 Å². The molecule has 2 aliphatic carbocycles. The van der Waals surface area contributed by atoms with Gasteiger partial charge in [-0.2, -0.15) is 0 Å². The van der Waals surface area contributed by atoms with Gasteiger partial charge in [-0.15, -0.1) is 11.8 Å². The number of hydrogen-bond acceptors (Lipinski definition) is 3. The zero-order valence-corrected chi connectivity index (χ0v) is 13.5. The van der Waals surface area contributed by atoms with E-state index in [0.29, 0.717) is 11.0 Å². The Kier molecular flexibility index (Phi) is 4.17. The fourth-order valence-corrected chi connectivity index (χ4v) is 3.86. The number of rotatable bonds is 7. The molecule has 1 aromatic rings. The molecule has 0 saturated heterocycles. The van der Waals surface area contributed by atoms with E-state index in [9.17, 15) is 9.59 Å². The first-order valence-electron chi connectivity index (χ1n) is 7.78. The second kappa shape index (κ2) is 5.95. The van der Waals surface area contributed by atoms with Gasteiger partial charge >= 0.3 is 5.97 Å². The van der Waals surface area contributed by atoms with Crippen molar-refractivity contribution in [3.8, 4) is 0 Å². The molecule has 0 aliphatic heterocycles. The highest BCUT2D eigenvalue weighted by atomic mass is 32.2. The minimum Gasteiger partial charge on any atom is -0.480 e. The number of carboxylic acid groups (broad SMARTS) is 1. The number of nitrogens with one attached hydrogen (secondary N) is 1. The van der Waals surface area contributed by atoms with Crippen molar-refractivity contribution in [2.45, 2.75) is 42.8 Å². The Hall–Kier alpha value is -1.49. The number of benzene rings is 1. The van der Waals surface area contributed by atoms with Crippen LogP contribution in [0.5, 0.6) is 0 Å². The van der Waals surface area contributed by atoms with Crippen LogP contribution in [0.2, 0.25) is 0 Å². The number of aliphatic carboxylic acids is 1. The Morgan fingerprint density at radius 2 is 2.05 bits per heavy atom. The van der Waals surface area contributed by atoms with Gasteiger partial charge in [0.1, 0.15) is 5.25 Å². The maximum absolute atomic E-state index is 12.5. The van der Waals surface area contributed by atoms with Crippen molar-refractivity contribution in [1.82, 2.24) is 5.32 Å². The van der Waals surface area contributed by atoms with E-state index < -0.39 is 11.2 Å². The van der Waals surface area contributed by atoms with Crippen molar-refractivity contribution >= 4 is 23.6 Å².